The van der Waals surface area contributed by atoms with Crippen LogP contribution in [0.4, 0.5) is 4.79 Å². The Balaban J connectivity index is 1.58. The number of nitrogens with zero attached hydrogens (tertiary/aromatic N) is 1. The van der Waals surface area contributed by atoms with E-state index in [0.717, 1.165) is 18.7 Å². The predicted octanol–water partition coefficient (Wildman–Crippen LogP) is -0.0221. The monoisotopic (exact) mass is 309 g/mol. The van der Waals surface area contributed by atoms with Crippen molar-refractivity contribution in [3.05, 3.63) is 17.7 Å². The highest BCUT2D eigenvalue weighted by molar-refractivity contribution is 5.67. The Bertz CT molecular complexity index is 555. The Kier molecular flexibility index (Phi) is 4.24. The SMILES string of the molecule is CCOC(=O)N1CC[NH+](Cc2cc3c(cc2O)OCO3)CC1. The Morgan fingerprint density at radius 2 is 2.00 bits per heavy atom. The lowest BCUT2D eigenvalue weighted by Gasteiger charge is -2.31. The lowest BCUT2D eigenvalue weighted by Crippen LogP contribution is -3.13. The zero-order chi connectivity index (χ0) is 15.5. The largest absolute Gasteiger partial charge is 0.507 e. The van der Waals surface area contributed by atoms with Crippen molar-refractivity contribution < 1.29 is 29.0 Å². The average Bonchev–Trinajstić information content (AvgIpc) is 2.95. The van der Waals surface area contributed by atoms with E-state index in [1.54, 1.807) is 11.0 Å². The molecular weight excluding hydrogens is 288 g/mol. The molecule has 0 bridgehead atoms. The van der Waals surface area contributed by atoms with Crippen molar-refractivity contribution in [1.82, 2.24) is 4.90 Å². The third-order valence-corrected chi connectivity index (χ3v) is 4.01. The molecule has 2 aliphatic heterocycles. The predicted molar refractivity (Wildman–Crippen MR) is 77.2 cm³/mol. The molecule has 0 aromatic heterocycles. The van der Waals surface area contributed by atoms with Gasteiger partial charge in [-0.3, -0.25) is 4.90 Å². The number of ether oxygens (including phenoxy) is 3. The van der Waals surface area contributed by atoms with E-state index in [1.807, 2.05) is 13.0 Å². The summed E-state index contributed by atoms with van der Waals surface area (Å²) in [5, 5.41) is 10.1. The van der Waals surface area contributed by atoms with Crippen molar-refractivity contribution in [2.45, 2.75) is 13.5 Å². The lowest BCUT2D eigenvalue weighted by atomic mass is 10.1. The summed E-state index contributed by atoms with van der Waals surface area (Å²) < 4.78 is 15.6. The normalized spacial score (nSPS) is 17.6. The molecule has 1 fully saturated rings. The highest BCUT2D eigenvalue weighted by Gasteiger charge is 2.26. The summed E-state index contributed by atoms with van der Waals surface area (Å²) in [6.45, 7) is 6.08. The standard InChI is InChI=1S/C15H20N2O5/c1-2-20-15(19)17-5-3-16(4-6-17)9-11-7-13-14(8-12(11)18)22-10-21-13/h7-8,18H,2-6,9-10H2,1H3/p+1. The number of carbonyl (C=O) groups excluding carboxylic acids is 1. The van der Waals surface area contributed by atoms with Crippen LogP contribution in [0.25, 0.3) is 0 Å². The van der Waals surface area contributed by atoms with Gasteiger partial charge in [0.05, 0.1) is 38.3 Å². The molecule has 22 heavy (non-hydrogen) atoms. The van der Waals surface area contributed by atoms with Gasteiger partial charge < -0.3 is 24.2 Å². The van der Waals surface area contributed by atoms with Gasteiger partial charge in [0.1, 0.15) is 12.3 Å². The smallest absolute Gasteiger partial charge is 0.410 e. The molecule has 0 unspecified atom stereocenters. The Morgan fingerprint density at radius 1 is 1.32 bits per heavy atom. The number of rotatable bonds is 3. The first-order valence-corrected chi connectivity index (χ1v) is 7.54. The van der Waals surface area contributed by atoms with Crippen LogP contribution in [0.1, 0.15) is 12.5 Å². The molecular formula is C15H21N2O5+. The van der Waals surface area contributed by atoms with E-state index in [-0.39, 0.29) is 18.6 Å². The number of amides is 1. The minimum Gasteiger partial charge on any atom is -0.507 e. The van der Waals surface area contributed by atoms with Crippen LogP contribution in [0.3, 0.4) is 0 Å². The minimum absolute atomic E-state index is 0.198. The molecule has 2 aliphatic rings. The number of phenols is 1. The Morgan fingerprint density at radius 3 is 2.68 bits per heavy atom. The number of hydrogen-bond acceptors (Lipinski definition) is 5. The lowest BCUT2D eigenvalue weighted by molar-refractivity contribution is -0.917. The van der Waals surface area contributed by atoms with E-state index in [4.69, 9.17) is 14.2 Å². The first-order valence-electron chi connectivity index (χ1n) is 7.54. The topological polar surface area (TPSA) is 72.7 Å². The second-order valence-corrected chi connectivity index (χ2v) is 5.45. The number of fused-ring (bicyclic) bond motifs is 1. The molecule has 1 saturated heterocycles. The van der Waals surface area contributed by atoms with Crippen LogP contribution >= 0.6 is 0 Å². The number of hydrogen-bond donors (Lipinski definition) is 2. The molecule has 0 aliphatic carbocycles. The molecule has 2 N–H and O–H groups in total. The maximum atomic E-state index is 11.7. The molecule has 1 aromatic rings. The van der Waals surface area contributed by atoms with Gasteiger partial charge in [0.25, 0.3) is 0 Å². The van der Waals surface area contributed by atoms with Crippen LogP contribution in [-0.2, 0) is 11.3 Å². The van der Waals surface area contributed by atoms with Crippen LogP contribution in [0.15, 0.2) is 12.1 Å². The maximum absolute atomic E-state index is 11.7. The van der Waals surface area contributed by atoms with E-state index in [1.165, 1.54) is 4.90 Å². The summed E-state index contributed by atoms with van der Waals surface area (Å²) in [5.74, 6) is 1.49. The number of piperazine rings is 1. The van der Waals surface area contributed by atoms with Crippen LogP contribution in [0, 0.1) is 0 Å². The molecule has 1 amide bonds. The number of benzene rings is 1. The zero-order valence-electron chi connectivity index (χ0n) is 12.6. The third kappa shape index (κ3) is 3.04. The highest BCUT2D eigenvalue weighted by atomic mass is 16.7. The Hall–Kier alpha value is -2.15. The van der Waals surface area contributed by atoms with E-state index in [0.29, 0.717) is 37.7 Å². The molecule has 7 nitrogen and oxygen atoms in total. The maximum Gasteiger partial charge on any atom is 0.410 e. The fourth-order valence-corrected chi connectivity index (χ4v) is 2.78. The molecule has 2 heterocycles. The van der Waals surface area contributed by atoms with E-state index in [2.05, 4.69) is 0 Å². The molecule has 0 spiro atoms. The quantitative estimate of drug-likeness (QED) is 0.821. The fraction of sp³-hybridized carbons (Fsp3) is 0.533. The molecule has 0 radical (unpaired) electrons. The summed E-state index contributed by atoms with van der Waals surface area (Å²) in [7, 11) is 0. The van der Waals surface area contributed by atoms with Gasteiger partial charge in [0.15, 0.2) is 11.5 Å². The molecule has 120 valence electrons. The van der Waals surface area contributed by atoms with E-state index < -0.39 is 0 Å². The van der Waals surface area contributed by atoms with Crippen molar-refractivity contribution in [2.24, 2.45) is 0 Å². The zero-order valence-corrected chi connectivity index (χ0v) is 12.6. The molecule has 0 atom stereocenters. The number of phenolic OH excluding ortho intramolecular Hbond substituents is 1. The van der Waals surface area contributed by atoms with Gasteiger partial charge in [-0.25, -0.2) is 4.79 Å². The van der Waals surface area contributed by atoms with Gasteiger partial charge >= 0.3 is 6.09 Å². The molecule has 3 rings (SSSR count). The number of aromatic hydroxyl groups is 1. The molecule has 0 saturated carbocycles. The number of nitrogens with one attached hydrogen (secondary N) is 1. The third-order valence-electron chi connectivity index (χ3n) is 4.01. The highest BCUT2D eigenvalue weighted by Crippen LogP contribution is 2.37. The fourth-order valence-electron chi connectivity index (χ4n) is 2.78. The van der Waals surface area contributed by atoms with E-state index in [9.17, 15) is 9.90 Å². The van der Waals surface area contributed by atoms with Gasteiger partial charge in [-0.1, -0.05) is 0 Å². The molecule has 1 aromatic carbocycles. The van der Waals surface area contributed by atoms with Gasteiger partial charge in [0, 0.05) is 6.07 Å². The van der Waals surface area contributed by atoms with Crippen LogP contribution < -0.4 is 14.4 Å². The van der Waals surface area contributed by atoms with Crippen LogP contribution in [0.5, 0.6) is 17.2 Å². The van der Waals surface area contributed by atoms with Crippen molar-refractivity contribution in [3.63, 3.8) is 0 Å². The van der Waals surface area contributed by atoms with Crippen LogP contribution in [0.2, 0.25) is 0 Å². The minimum atomic E-state index is -0.243. The van der Waals surface area contributed by atoms with Gasteiger partial charge in [-0.15, -0.1) is 0 Å². The van der Waals surface area contributed by atoms with Crippen molar-refractivity contribution in [2.75, 3.05) is 39.6 Å². The van der Waals surface area contributed by atoms with Crippen LogP contribution in [-0.4, -0.2) is 55.7 Å². The number of quaternary nitrogens is 1. The summed E-state index contributed by atoms with van der Waals surface area (Å²) in [6, 6.07) is 3.44. The average molecular weight is 309 g/mol. The van der Waals surface area contributed by atoms with Crippen molar-refractivity contribution in [3.8, 4) is 17.2 Å². The summed E-state index contributed by atoms with van der Waals surface area (Å²) >= 11 is 0. The Labute approximate surface area is 129 Å². The summed E-state index contributed by atoms with van der Waals surface area (Å²) in [6.07, 6.45) is -0.243. The van der Waals surface area contributed by atoms with Crippen molar-refractivity contribution in [1.29, 1.82) is 0 Å². The first kappa shape index (κ1) is 14.8. The van der Waals surface area contributed by atoms with Crippen molar-refractivity contribution >= 4 is 6.09 Å². The summed E-state index contributed by atoms with van der Waals surface area (Å²) in [5.41, 5.74) is 0.837. The van der Waals surface area contributed by atoms with E-state index >= 15 is 0 Å². The number of carbonyl (C=O) groups is 1. The second-order valence-electron chi connectivity index (χ2n) is 5.45. The van der Waals surface area contributed by atoms with Gasteiger partial charge in [-0.05, 0) is 13.0 Å². The first-order chi connectivity index (χ1) is 10.7. The second kappa shape index (κ2) is 6.31. The van der Waals surface area contributed by atoms with Gasteiger partial charge in [0.2, 0.25) is 6.79 Å². The van der Waals surface area contributed by atoms with Gasteiger partial charge in [-0.2, -0.15) is 0 Å². The molecule has 7 heteroatoms. The summed E-state index contributed by atoms with van der Waals surface area (Å²) in [4.78, 5) is 14.7.